The minimum Gasteiger partial charge on any atom is -0.478 e. The van der Waals surface area contributed by atoms with Gasteiger partial charge < -0.3 is 15.4 Å². The molecular formula is C10H14N4O. The maximum atomic E-state index is 5.89. The molecular weight excluding hydrogens is 192 g/mol. The van der Waals surface area contributed by atoms with Crippen molar-refractivity contribution in [2.45, 2.75) is 0 Å². The number of nitrogens with zero attached hydrogens (tertiary/aromatic N) is 3. The van der Waals surface area contributed by atoms with Crippen LogP contribution in [-0.4, -0.2) is 30.8 Å². The first-order valence-corrected chi connectivity index (χ1v) is 4.62. The van der Waals surface area contributed by atoms with E-state index in [0.29, 0.717) is 11.6 Å². The van der Waals surface area contributed by atoms with Crippen molar-refractivity contribution in [3.63, 3.8) is 0 Å². The number of aromatic nitrogens is 2. The lowest BCUT2D eigenvalue weighted by Gasteiger charge is -2.11. The molecule has 0 fully saturated rings. The fourth-order valence-electron chi connectivity index (χ4n) is 1.46. The zero-order valence-corrected chi connectivity index (χ0v) is 9.06. The Hall–Kier alpha value is -1.91. The number of nitrogens with two attached hydrogens (primary N) is 1. The van der Waals surface area contributed by atoms with E-state index in [9.17, 15) is 0 Å². The third kappa shape index (κ3) is 1.45. The normalized spacial score (nSPS) is 10.6. The molecule has 0 atom stereocenters. The van der Waals surface area contributed by atoms with Crippen LogP contribution >= 0.6 is 0 Å². The van der Waals surface area contributed by atoms with Crippen molar-refractivity contribution in [2.24, 2.45) is 0 Å². The highest BCUT2D eigenvalue weighted by Gasteiger charge is 2.10. The van der Waals surface area contributed by atoms with Gasteiger partial charge >= 0.3 is 0 Å². The second-order valence-corrected chi connectivity index (χ2v) is 3.53. The molecule has 2 heterocycles. The van der Waals surface area contributed by atoms with Gasteiger partial charge in [-0.2, -0.15) is 0 Å². The van der Waals surface area contributed by atoms with E-state index in [4.69, 9.17) is 10.5 Å². The molecule has 2 rings (SSSR count). The molecule has 0 radical (unpaired) electrons. The van der Waals surface area contributed by atoms with E-state index in [2.05, 4.69) is 5.10 Å². The van der Waals surface area contributed by atoms with Gasteiger partial charge in [0.2, 0.25) is 0 Å². The Morgan fingerprint density at radius 3 is 2.80 bits per heavy atom. The predicted octanol–water partition coefficient (Wildman–Crippen LogP) is 0.991. The van der Waals surface area contributed by atoms with Gasteiger partial charge in [-0.3, -0.25) is 0 Å². The van der Waals surface area contributed by atoms with E-state index in [-0.39, 0.29) is 0 Å². The van der Waals surface area contributed by atoms with Crippen LogP contribution in [0.2, 0.25) is 0 Å². The van der Waals surface area contributed by atoms with Gasteiger partial charge in [-0.15, -0.1) is 5.10 Å². The molecule has 0 amide bonds. The first-order valence-electron chi connectivity index (χ1n) is 4.62. The molecule has 0 aromatic carbocycles. The highest BCUT2D eigenvalue weighted by atomic mass is 16.5. The molecule has 5 heteroatoms. The summed E-state index contributed by atoms with van der Waals surface area (Å²) in [4.78, 5) is 2.01. The van der Waals surface area contributed by atoms with Crippen LogP contribution in [0.25, 0.3) is 5.52 Å². The lowest BCUT2D eigenvalue weighted by atomic mass is 10.3. The number of fused-ring (bicyclic) bond motifs is 1. The summed E-state index contributed by atoms with van der Waals surface area (Å²) in [7, 11) is 5.52. The standard InChI is InChI=1S/C10H14N4O/c1-13(2)7-4-5-14-8(6-7)9(11)10(12-14)15-3/h4-6H,11H2,1-3H3. The molecule has 0 aliphatic rings. The van der Waals surface area contributed by atoms with Crippen LogP contribution < -0.4 is 15.4 Å². The molecule has 80 valence electrons. The molecule has 0 saturated heterocycles. The summed E-state index contributed by atoms with van der Waals surface area (Å²) in [6.07, 6.45) is 1.86. The summed E-state index contributed by atoms with van der Waals surface area (Å²) in [5.41, 5.74) is 8.40. The zero-order chi connectivity index (χ0) is 11.0. The molecule has 0 saturated carbocycles. The van der Waals surface area contributed by atoms with Crippen molar-refractivity contribution in [3.8, 4) is 5.88 Å². The number of pyridine rings is 1. The van der Waals surface area contributed by atoms with Crippen LogP contribution in [0, 0.1) is 0 Å². The van der Waals surface area contributed by atoms with Gasteiger partial charge in [0.05, 0.1) is 12.6 Å². The minimum atomic E-state index is 0.464. The third-order valence-corrected chi connectivity index (χ3v) is 2.33. The first-order chi connectivity index (χ1) is 7.13. The average Bonchev–Trinajstić information content (AvgIpc) is 2.55. The Labute approximate surface area is 88.0 Å². The summed E-state index contributed by atoms with van der Waals surface area (Å²) in [5.74, 6) is 0.464. The molecule has 0 aliphatic heterocycles. The molecule has 0 spiro atoms. The van der Waals surface area contributed by atoms with E-state index in [1.165, 1.54) is 0 Å². The summed E-state index contributed by atoms with van der Waals surface area (Å²) in [6.45, 7) is 0. The van der Waals surface area contributed by atoms with Crippen LogP contribution in [0.5, 0.6) is 5.88 Å². The van der Waals surface area contributed by atoms with Gasteiger partial charge in [0.1, 0.15) is 5.69 Å². The van der Waals surface area contributed by atoms with Gasteiger partial charge in [-0.1, -0.05) is 0 Å². The molecule has 15 heavy (non-hydrogen) atoms. The van der Waals surface area contributed by atoms with Crippen molar-refractivity contribution in [3.05, 3.63) is 18.3 Å². The maximum Gasteiger partial charge on any atom is 0.257 e. The van der Waals surface area contributed by atoms with Gasteiger partial charge in [-0.25, -0.2) is 4.52 Å². The zero-order valence-electron chi connectivity index (χ0n) is 9.06. The van der Waals surface area contributed by atoms with Crippen molar-refractivity contribution >= 4 is 16.9 Å². The maximum absolute atomic E-state index is 5.89. The van der Waals surface area contributed by atoms with Crippen molar-refractivity contribution in [1.82, 2.24) is 9.61 Å². The second kappa shape index (κ2) is 3.34. The van der Waals surface area contributed by atoms with E-state index >= 15 is 0 Å². The van der Waals surface area contributed by atoms with Crippen molar-refractivity contribution < 1.29 is 4.74 Å². The van der Waals surface area contributed by atoms with E-state index in [1.807, 2.05) is 37.3 Å². The van der Waals surface area contributed by atoms with Crippen LogP contribution in [0.3, 0.4) is 0 Å². The molecule has 0 unspecified atom stereocenters. The van der Waals surface area contributed by atoms with Crippen LogP contribution in [0.1, 0.15) is 0 Å². The molecule has 0 aliphatic carbocycles. The smallest absolute Gasteiger partial charge is 0.257 e. The average molecular weight is 206 g/mol. The third-order valence-electron chi connectivity index (χ3n) is 2.33. The topological polar surface area (TPSA) is 55.8 Å². The van der Waals surface area contributed by atoms with Crippen molar-refractivity contribution in [2.75, 3.05) is 31.8 Å². The van der Waals surface area contributed by atoms with Crippen LogP contribution in [-0.2, 0) is 0 Å². The molecule has 2 aromatic heterocycles. The predicted molar refractivity (Wildman–Crippen MR) is 60.5 cm³/mol. The van der Waals surface area contributed by atoms with Crippen LogP contribution in [0.15, 0.2) is 18.3 Å². The van der Waals surface area contributed by atoms with Gasteiger partial charge in [-0.05, 0) is 12.1 Å². The van der Waals surface area contributed by atoms with E-state index in [0.717, 1.165) is 11.2 Å². The highest BCUT2D eigenvalue weighted by Crippen LogP contribution is 2.27. The molecule has 2 aromatic rings. The monoisotopic (exact) mass is 206 g/mol. The summed E-state index contributed by atoms with van der Waals surface area (Å²) >= 11 is 0. The fourth-order valence-corrected chi connectivity index (χ4v) is 1.46. The molecule has 0 bridgehead atoms. The minimum absolute atomic E-state index is 0.464. The summed E-state index contributed by atoms with van der Waals surface area (Å²) in [6, 6.07) is 3.95. The summed E-state index contributed by atoms with van der Waals surface area (Å²) < 4.78 is 6.77. The Morgan fingerprint density at radius 1 is 1.47 bits per heavy atom. The van der Waals surface area contributed by atoms with E-state index < -0.39 is 0 Å². The largest absolute Gasteiger partial charge is 0.478 e. The number of anilines is 2. The summed E-state index contributed by atoms with van der Waals surface area (Å²) in [5, 5.41) is 4.18. The second-order valence-electron chi connectivity index (χ2n) is 3.53. The fraction of sp³-hybridized carbons (Fsp3) is 0.300. The Balaban J connectivity index is 2.65. The Kier molecular flexibility index (Phi) is 2.15. The Morgan fingerprint density at radius 2 is 2.20 bits per heavy atom. The number of hydrogen-bond donors (Lipinski definition) is 1. The quantitative estimate of drug-likeness (QED) is 0.796. The number of hydrogen-bond acceptors (Lipinski definition) is 4. The molecule has 5 nitrogen and oxygen atoms in total. The number of nitrogen functional groups attached to an aromatic ring is 1. The lowest BCUT2D eigenvalue weighted by Crippen LogP contribution is -2.08. The number of rotatable bonds is 2. The van der Waals surface area contributed by atoms with Crippen molar-refractivity contribution in [1.29, 1.82) is 0 Å². The molecule has 2 N–H and O–H groups in total. The SMILES string of the molecule is COc1nn2ccc(N(C)C)cc2c1N. The number of methoxy groups -OCH3 is 1. The lowest BCUT2D eigenvalue weighted by molar-refractivity contribution is 0.397. The van der Waals surface area contributed by atoms with E-state index in [1.54, 1.807) is 11.6 Å². The van der Waals surface area contributed by atoms with Gasteiger partial charge in [0.25, 0.3) is 5.88 Å². The van der Waals surface area contributed by atoms with Crippen LogP contribution in [0.4, 0.5) is 11.4 Å². The Bertz CT molecular complexity index is 489. The number of ether oxygens (including phenoxy) is 1. The van der Waals surface area contributed by atoms with Gasteiger partial charge in [0.15, 0.2) is 0 Å². The highest BCUT2D eigenvalue weighted by molar-refractivity contribution is 5.77. The van der Waals surface area contributed by atoms with Gasteiger partial charge in [0, 0.05) is 26.0 Å². The first kappa shape index (κ1) is 9.64.